The van der Waals surface area contributed by atoms with Crippen LogP contribution in [0.3, 0.4) is 0 Å². The summed E-state index contributed by atoms with van der Waals surface area (Å²) in [4.78, 5) is 8.68. The largest absolute Gasteiger partial charge is 0.396 e. The minimum absolute atomic E-state index is 0.279. The molecule has 1 fully saturated rings. The van der Waals surface area contributed by atoms with Gasteiger partial charge in [-0.3, -0.25) is 4.40 Å². The second-order valence-electron chi connectivity index (χ2n) is 4.71. The lowest BCUT2D eigenvalue weighted by Crippen LogP contribution is -2.26. The van der Waals surface area contributed by atoms with Crippen LogP contribution in [0.2, 0.25) is 5.15 Å². The molecule has 0 atom stereocenters. The number of aromatic nitrogens is 3. The maximum atomic E-state index is 9.05. The van der Waals surface area contributed by atoms with Crippen molar-refractivity contribution in [3.05, 3.63) is 29.1 Å². The Morgan fingerprint density at radius 2 is 2.29 bits per heavy atom. The standard InChI is InChI=1S/C12H14ClN3O/c1-7-10-11(13)14-2-3-16(10)12(15-7)9-4-8(5-9)6-17/h2-3,8-9,17H,4-6H2,1H3. The van der Waals surface area contributed by atoms with Crippen molar-refractivity contribution in [2.24, 2.45) is 5.92 Å². The Morgan fingerprint density at radius 3 is 3.00 bits per heavy atom. The van der Waals surface area contributed by atoms with E-state index in [2.05, 4.69) is 9.97 Å². The highest BCUT2D eigenvalue weighted by molar-refractivity contribution is 6.32. The van der Waals surface area contributed by atoms with Crippen LogP contribution in [0.1, 0.15) is 30.3 Å². The van der Waals surface area contributed by atoms with E-state index in [0.717, 1.165) is 29.9 Å². The van der Waals surface area contributed by atoms with Crippen molar-refractivity contribution < 1.29 is 5.11 Å². The maximum Gasteiger partial charge on any atom is 0.154 e. The first-order valence-corrected chi connectivity index (χ1v) is 6.18. The molecule has 0 unspecified atom stereocenters. The van der Waals surface area contributed by atoms with Gasteiger partial charge in [-0.2, -0.15) is 0 Å². The second-order valence-corrected chi connectivity index (χ2v) is 5.07. The van der Waals surface area contributed by atoms with Gasteiger partial charge in [0.25, 0.3) is 0 Å². The highest BCUT2D eigenvalue weighted by Gasteiger charge is 2.33. The average Bonchev–Trinajstić information content (AvgIpc) is 2.56. The number of hydrogen-bond donors (Lipinski definition) is 1. The predicted octanol–water partition coefficient (Wildman–Crippen LogP) is 2.18. The molecule has 17 heavy (non-hydrogen) atoms. The summed E-state index contributed by atoms with van der Waals surface area (Å²) in [7, 11) is 0. The molecular weight excluding hydrogens is 238 g/mol. The van der Waals surface area contributed by atoms with Gasteiger partial charge in [0.05, 0.1) is 5.69 Å². The second kappa shape index (κ2) is 3.96. The monoisotopic (exact) mass is 251 g/mol. The molecule has 1 saturated carbocycles. The molecule has 0 spiro atoms. The average molecular weight is 252 g/mol. The van der Waals surface area contributed by atoms with E-state index in [-0.39, 0.29) is 6.61 Å². The summed E-state index contributed by atoms with van der Waals surface area (Å²) in [6, 6.07) is 0. The highest BCUT2D eigenvalue weighted by atomic mass is 35.5. The molecule has 90 valence electrons. The van der Waals surface area contributed by atoms with Crippen LogP contribution in [0.25, 0.3) is 5.52 Å². The van der Waals surface area contributed by atoms with E-state index in [9.17, 15) is 0 Å². The molecule has 2 aromatic heterocycles. The smallest absolute Gasteiger partial charge is 0.154 e. The topological polar surface area (TPSA) is 50.4 Å². The Labute approximate surface area is 104 Å². The number of aryl methyl sites for hydroxylation is 1. The fourth-order valence-electron chi connectivity index (χ4n) is 2.58. The van der Waals surface area contributed by atoms with E-state index in [4.69, 9.17) is 16.7 Å². The van der Waals surface area contributed by atoms with Crippen LogP contribution >= 0.6 is 11.6 Å². The Morgan fingerprint density at radius 1 is 1.53 bits per heavy atom. The minimum Gasteiger partial charge on any atom is -0.396 e. The van der Waals surface area contributed by atoms with Gasteiger partial charge in [-0.15, -0.1) is 0 Å². The van der Waals surface area contributed by atoms with Gasteiger partial charge in [-0.05, 0) is 25.7 Å². The van der Waals surface area contributed by atoms with Crippen molar-refractivity contribution in [2.75, 3.05) is 6.61 Å². The van der Waals surface area contributed by atoms with Crippen LogP contribution in [-0.2, 0) is 0 Å². The van der Waals surface area contributed by atoms with Gasteiger partial charge in [0.2, 0.25) is 0 Å². The molecule has 1 aliphatic rings. The van der Waals surface area contributed by atoms with E-state index >= 15 is 0 Å². The van der Waals surface area contributed by atoms with E-state index in [0.29, 0.717) is 17.0 Å². The predicted molar refractivity (Wildman–Crippen MR) is 65.3 cm³/mol. The van der Waals surface area contributed by atoms with Crippen molar-refractivity contribution in [1.29, 1.82) is 0 Å². The molecule has 0 bridgehead atoms. The molecule has 0 aromatic carbocycles. The van der Waals surface area contributed by atoms with Gasteiger partial charge in [-0.1, -0.05) is 11.6 Å². The van der Waals surface area contributed by atoms with Crippen LogP contribution in [0, 0.1) is 12.8 Å². The fraction of sp³-hybridized carbons (Fsp3) is 0.500. The van der Waals surface area contributed by atoms with Crippen LogP contribution < -0.4 is 0 Å². The third kappa shape index (κ3) is 1.63. The van der Waals surface area contributed by atoms with E-state index < -0.39 is 0 Å². The molecule has 0 amide bonds. The fourth-order valence-corrected chi connectivity index (χ4v) is 2.86. The molecule has 5 heteroatoms. The Hall–Kier alpha value is -1.13. The Kier molecular flexibility index (Phi) is 2.56. The van der Waals surface area contributed by atoms with Gasteiger partial charge in [0.15, 0.2) is 5.15 Å². The highest BCUT2D eigenvalue weighted by Crippen LogP contribution is 2.41. The number of aliphatic hydroxyl groups is 1. The minimum atomic E-state index is 0.279. The van der Waals surface area contributed by atoms with Crippen LogP contribution in [-0.4, -0.2) is 26.1 Å². The van der Waals surface area contributed by atoms with Crippen molar-refractivity contribution in [3.8, 4) is 0 Å². The lowest BCUT2D eigenvalue weighted by molar-refractivity contribution is 0.138. The van der Waals surface area contributed by atoms with Gasteiger partial charge in [0.1, 0.15) is 11.3 Å². The molecule has 2 aromatic rings. The number of rotatable bonds is 2. The quantitative estimate of drug-likeness (QED) is 0.890. The lowest BCUT2D eigenvalue weighted by Gasteiger charge is -2.32. The summed E-state index contributed by atoms with van der Waals surface area (Å²) >= 11 is 6.09. The molecule has 1 aliphatic carbocycles. The molecule has 0 radical (unpaired) electrons. The molecule has 1 N–H and O–H groups in total. The summed E-state index contributed by atoms with van der Waals surface area (Å²) in [5.74, 6) is 1.92. The lowest BCUT2D eigenvalue weighted by atomic mass is 9.75. The zero-order valence-electron chi connectivity index (χ0n) is 9.60. The zero-order valence-corrected chi connectivity index (χ0v) is 10.4. The summed E-state index contributed by atoms with van der Waals surface area (Å²) < 4.78 is 2.03. The summed E-state index contributed by atoms with van der Waals surface area (Å²) in [6.07, 6.45) is 5.62. The summed E-state index contributed by atoms with van der Waals surface area (Å²) in [6.45, 7) is 2.23. The molecular formula is C12H14ClN3O. The van der Waals surface area contributed by atoms with Crippen molar-refractivity contribution in [3.63, 3.8) is 0 Å². The Bertz CT molecular complexity index is 560. The van der Waals surface area contributed by atoms with Crippen LogP contribution in [0.5, 0.6) is 0 Å². The van der Waals surface area contributed by atoms with E-state index in [1.807, 2.05) is 17.5 Å². The van der Waals surface area contributed by atoms with Crippen LogP contribution in [0.15, 0.2) is 12.4 Å². The van der Waals surface area contributed by atoms with Gasteiger partial charge < -0.3 is 5.11 Å². The number of hydrogen-bond acceptors (Lipinski definition) is 3. The number of fused-ring (bicyclic) bond motifs is 1. The SMILES string of the molecule is Cc1nc(C2CC(CO)C2)n2ccnc(Cl)c12. The van der Waals surface area contributed by atoms with Gasteiger partial charge in [0, 0.05) is 24.9 Å². The molecule has 2 heterocycles. The summed E-state index contributed by atoms with van der Waals surface area (Å²) in [5.41, 5.74) is 1.82. The van der Waals surface area contributed by atoms with Gasteiger partial charge in [-0.25, -0.2) is 9.97 Å². The van der Waals surface area contributed by atoms with Gasteiger partial charge >= 0.3 is 0 Å². The normalized spacial score (nSPS) is 23.9. The number of nitrogens with zero attached hydrogens (tertiary/aromatic N) is 3. The van der Waals surface area contributed by atoms with Crippen molar-refractivity contribution >= 4 is 17.1 Å². The van der Waals surface area contributed by atoms with Crippen molar-refractivity contribution in [2.45, 2.75) is 25.7 Å². The number of halogens is 1. The third-order valence-electron chi connectivity index (χ3n) is 3.57. The maximum absolute atomic E-state index is 9.05. The first-order chi connectivity index (χ1) is 8.20. The summed E-state index contributed by atoms with van der Waals surface area (Å²) in [5, 5.41) is 9.56. The van der Waals surface area contributed by atoms with E-state index in [1.165, 1.54) is 0 Å². The van der Waals surface area contributed by atoms with E-state index in [1.54, 1.807) is 6.20 Å². The molecule has 4 nitrogen and oxygen atoms in total. The molecule has 0 aliphatic heterocycles. The van der Waals surface area contributed by atoms with Crippen LogP contribution in [0.4, 0.5) is 0 Å². The number of imidazole rings is 1. The molecule has 0 saturated heterocycles. The zero-order chi connectivity index (χ0) is 12.0. The first-order valence-electron chi connectivity index (χ1n) is 5.80. The first kappa shape index (κ1) is 11.0. The van der Waals surface area contributed by atoms with Crippen molar-refractivity contribution in [1.82, 2.24) is 14.4 Å². The third-order valence-corrected chi connectivity index (χ3v) is 3.85. The Balaban J connectivity index is 2.04. The number of aliphatic hydroxyl groups excluding tert-OH is 1. The molecule has 3 rings (SSSR count).